The third-order valence-electron chi connectivity index (χ3n) is 2.92. The van der Waals surface area contributed by atoms with Crippen LogP contribution in [0.5, 0.6) is 0 Å². The predicted octanol–water partition coefficient (Wildman–Crippen LogP) is 0.481. The van der Waals surface area contributed by atoms with E-state index in [1.54, 1.807) is 7.11 Å². The van der Waals surface area contributed by atoms with Gasteiger partial charge in [0.15, 0.2) is 0 Å². The van der Waals surface area contributed by atoms with Crippen molar-refractivity contribution in [1.29, 1.82) is 0 Å². The molecule has 1 saturated carbocycles. The summed E-state index contributed by atoms with van der Waals surface area (Å²) in [4.78, 5) is 2.24. The van der Waals surface area contributed by atoms with Crippen molar-refractivity contribution >= 4 is 5.84 Å². The Morgan fingerprint density at radius 3 is 2.73 bits per heavy atom. The highest BCUT2D eigenvalue weighted by atomic mass is 16.5. The van der Waals surface area contributed by atoms with E-state index in [0.717, 1.165) is 19.7 Å². The van der Waals surface area contributed by atoms with Gasteiger partial charge in [0.2, 0.25) is 0 Å². The first-order chi connectivity index (χ1) is 7.12. The molecular formula is C10H21N3O2. The highest BCUT2D eigenvalue weighted by Gasteiger charge is 2.43. The lowest BCUT2D eigenvalue weighted by Gasteiger charge is -2.22. The van der Waals surface area contributed by atoms with E-state index in [1.807, 2.05) is 0 Å². The van der Waals surface area contributed by atoms with Gasteiger partial charge in [0.25, 0.3) is 0 Å². The lowest BCUT2D eigenvalue weighted by atomic mass is 10.0. The van der Waals surface area contributed by atoms with Crippen LogP contribution in [-0.2, 0) is 4.74 Å². The number of nitrogens with zero attached hydrogens (tertiary/aromatic N) is 2. The Morgan fingerprint density at radius 1 is 1.60 bits per heavy atom. The van der Waals surface area contributed by atoms with E-state index in [-0.39, 0.29) is 5.41 Å². The fraction of sp³-hybridized carbons (Fsp3) is 0.900. The molecule has 0 aliphatic heterocycles. The molecule has 5 heteroatoms. The molecule has 0 aromatic carbocycles. The summed E-state index contributed by atoms with van der Waals surface area (Å²) >= 11 is 0. The number of nitrogens with two attached hydrogens (primary N) is 1. The topological polar surface area (TPSA) is 71.1 Å². The van der Waals surface area contributed by atoms with Gasteiger partial charge in [-0.1, -0.05) is 5.16 Å². The van der Waals surface area contributed by atoms with Gasteiger partial charge in [-0.2, -0.15) is 0 Å². The second-order valence-electron chi connectivity index (χ2n) is 4.50. The van der Waals surface area contributed by atoms with Gasteiger partial charge in [0, 0.05) is 26.6 Å². The molecule has 15 heavy (non-hydrogen) atoms. The number of rotatable bonds is 7. The summed E-state index contributed by atoms with van der Waals surface area (Å²) in [6.45, 7) is 2.66. The number of amidine groups is 1. The van der Waals surface area contributed by atoms with Crippen LogP contribution >= 0.6 is 0 Å². The lowest BCUT2D eigenvalue weighted by molar-refractivity contribution is 0.149. The van der Waals surface area contributed by atoms with Crippen molar-refractivity contribution in [3.63, 3.8) is 0 Å². The standard InChI is InChI=1S/C10H21N3O2/c1-13(5-6-15-2)8-10(3-4-10)7-9(11)12-14/h14H,3-8H2,1-2H3,(H2,11,12). The largest absolute Gasteiger partial charge is 0.409 e. The molecule has 88 valence electrons. The smallest absolute Gasteiger partial charge is 0.139 e. The molecule has 0 heterocycles. The molecule has 0 spiro atoms. The van der Waals surface area contributed by atoms with Crippen LogP contribution in [-0.4, -0.2) is 49.8 Å². The molecule has 0 aromatic rings. The molecular weight excluding hydrogens is 194 g/mol. The van der Waals surface area contributed by atoms with Crippen LogP contribution in [0.4, 0.5) is 0 Å². The number of hydrogen-bond acceptors (Lipinski definition) is 4. The Kier molecular flexibility index (Phi) is 4.35. The Balaban J connectivity index is 2.30. The van der Waals surface area contributed by atoms with Gasteiger partial charge in [-0.05, 0) is 25.3 Å². The Bertz CT molecular complexity index is 227. The molecule has 1 aliphatic carbocycles. The minimum Gasteiger partial charge on any atom is -0.409 e. The number of oxime groups is 1. The van der Waals surface area contributed by atoms with Crippen molar-refractivity contribution < 1.29 is 9.94 Å². The first-order valence-electron chi connectivity index (χ1n) is 5.26. The van der Waals surface area contributed by atoms with Gasteiger partial charge in [-0.15, -0.1) is 0 Å². The summed E-state index contributed by atoms with van der Waals surface area (Å²) in [5.41, 5.74) is 5.78. The summed E-state index contributed by atoms with van der Waals surface area (Å²) < 4.78 is 5.02. The Morgan fingerprint density at radius 2 is 2.27 bits per heavy atom. The monoisotopic (exact) mass is 215 g/mol. The maximum absolute atomic E-state index is 8.53. The second-order valence-corrected chi connectivity index (χ2v) is 4.50. The fourth-order valence-corrected chi connectivity index (χ4v) is 1.89. The van der Waals surface area contributed by atoms with Gasteiger partial charge < -0.3 is 20.6 Å². The van der Waals surface area contributed by atoms with Crippen molar-refractivity contribution in [2.45, 2.75) is 19.3 Å². The summed E-state index contributed by atoms with van der Waals surface area (Å²) in [6, 6.07) is 0. The molecule has 0 unspecified atom stereocenters. The molecule has 1 fully saturated rings. The number of hydrogen-bond donors (Lipinski definition) is 2. The van der Waals surface area contributed by atoms with Crippen molar-refractivity contribution in [2.24, 2.45) is 16.3 Å². The van der Waals surface area contributed by atoms with Crippen molar-refractivity contribution in [1.82, 2.24) is 4.90 Å². The number of methoxy groups -OCH3 is 1. The van der Waals surface area contributed by atoms with Crippen molar-refractivity contribution in [3.8, 4) is 0 Å². The summed E-state index contributed by atoms with van der Waals surface area (Å²) in [5, 5.41) is 11.6. The van der Waals surface area contributed by atoms with E-state index in [9.17, 15) is 0 Å². The lowest BCUT2D eigenvalue weighted by Crippen LogP contribution is -2.32. The SMILES string of the molecule is COCCN(C)CC1(CC(N)=NO)CC1. The van der Waals surface area contributed by atoms with E-state index >= 15 is 0 Å². The number of likely N-dealkylation sites (N-methyl/N-ethyl adjacent to an activating group) is 1. The first kappa shape index (κ1) is 12.3. The average Bonchev–Trinajstić information content (AvgIpc) is 2.94. The Hall–Kier alpha value is -0.810. The predicted molar refractivity (Wildman–Crippen MR) is 59.1 cm³/mol. The van der Waals surface area contributed by atoms with Crippen molar-refractivity contribution in [3.05, 3.63) is 0 Å². The first-order valence-corrected chi connectivity index (χ1v) is 5.26. The molecule has 5 nitrogen and oxygen atoms in total. The molecule has 0 bridgehead atoms. The zero-order valence-corrected chi connectivity index (χ0v) is 9.57. The molecule has 1 aliphatic rings. The maximum Gasteiger partial charge on any atom is 0.139 e. The van der Waals surface area contributed by atoms with Gasteiger partial charge in [0.05, 0.1) is 6.61 Å². The van der Waals surface area contributed by atoms with Gasteiger partial charge in [-0.25, -0.2) is 0 Å². The van der Waals surface area contributed by atoms with Gasteiger partial charge in [-0.3, -0.25) is 0 Å². The van der Waals surface area contributed by atoms with Crippen LogP contribution in [0, 0.1) is 5.41 Å². The zero-order valence-electron chi connectivity index (χ0n) is 9.57. The normalized spacial score (nSPS) is 19.5. The van der Waals surface area contributed by atoms with Crippen LogP contribution in [0.3, 0.4) is 0 Å². The zero-order chi connectivity index (χ0) is 11.3. The van der Waals surface area contributed by atoms with E-state index in [1.165, 1.54) is 12.8 Å². The van der Waals surface area contributed by atoms with Gasteiger partial charge >= 0.3 is 0 Å². The third kappa shape index (κ3) is 4.05. The molecule has 0 atom stereocenters. The minimum absolute atomic E-state index is 0.249. The maximum atomic E-state index is 8.53. The Labute approximate surface area is 90.9 Å². The summed E-state index contributed by atoms with van der Waals surface area (Å²) in [6.07, 6.45) is 3.03. The summed E-state index contributed by atoms with van der Waals surface area (Å²) in [7, 11) is 3.78. The van der Waals surface area contributed by atoms with E-state index < -0.39 is 0 Å². The molecule has 0 amide bonds. The van der Waals surface area contributed by atoms with Crippen molar-refractivity contribution in [2.75, 3.05) is 33.9 Å². The fourth-order valence-electron chi connectivity index (χ4n) is 1.89. The quantitative estimate of drug-likeness (QED) is 0.280. The van der Waals surface area contributed by atoms with Crippen LogP contribution in [0.2, 0.25) is 0 Å². The van der Waals surface area contributed by atoms with Crippen LogP contribution in [0.25, 0.3) is 0 Å². The number of ether oxygens (including phenoxy) is 1. The van der Waals surface area contributed by atoms with Crippen LogP contribution < -0.4 is 5.73 Å². The molecule has 0 saturated heterocycles. The highest BCUT2D eigenvalue weighted by Crippen LogP contribution is 2.49. The van der Waals surface area contributed by atoms with Crippen LogP contribution in [0.1, 0.15) is 19.3 Å². The van der Waals surface area contributed by atoms with E-state index in [2.05, 4.69) is 17.1 Å². The van der Waals surface area contributed by atoms with Crippen LogP contribution in [0.15, 0.2) is 5.16 Å². The minimum atomic E-state index is 0.249. The van der Waals surface area contributed by atoms with E-state index in [0.29, 0.717) is 12.3 Å². The van der Waals surface area contributed by atoms with E-state index in [4.69, 9.17) is 15.7 Å². The third-order valence-corrected chi connectivity index (χ3v) is 2.92. The highest BCUT2D eigenvalue weighted by molar-refractivity contribution is 5.80. The molecule has 0 radical (unpaired) electrons. The molecule has 0 aromatic heterocycles. The van der Waals surface area contributed by atoms with Gasteiger partial charge in [0.1, 0.15) is 5.84 Å². The molecule has 3 N–H and O–H groups in total. The molecule has 1 rings (SSSR count). The average molecular weight is 215 g/mol. The summed E-state index contributed by atoms with van der Waals surface area (Å²) in [5.74, 6) is 0.340. The second kappa shape index (κ2) is 5.32.